The van der Waals surface area contributed by atoms with Gasteiger partial charge in [-0.2, -0.15) is 31.4 Å². The van der Waals surface area contributed by atoms with E-state index in [9.17, 15) is 35.5 Å². The summed E-state index contributed by atoms with van der Waals surface area (Å²) in [5.74, 6) is -2.20. The van der Waals surface area contributed by atoms with Crippen molar-refractivity contribution in [2.24, 2.45) is 5.92 Å². The molecule has 0 atom stereocenters. The highest BCUT2D eigenvalue weighted by molar-refractivity contribution is 5.78. The van der Waals surface area contributed by atoms with Crippen LogP contribution in [0.25, 0.3) is 0 Å². The van der Waals surface area contributed by atoms with Crippen LogP contribution in [0.1, 0.15) is 35.4 Å². The Hall–Kier alpha value is -2.63. The lowest BCUT2D eigenvalue weighted by molar-refractivity contribution is -0.185. The second-order valence-corrected chi connectivity index (χ2v) is 8.71. The lowest BCUT2D eigenvalue weighted by Gasteiger charge is -2.34. The number of hydrogen-bond acceptors (Lipinski definition) is 3. The predicted octanol–water partition coefficient (Wildman–Crippen LogP) is 4.25. The number of benzene rings is 1. The Bertz CT molecular complexity index is 1020. The maximum atomic E-state index is 13.6. The van der Waals surface area contributed by atoms with Crippen LogP contribution in [-0.2, 0) is 30.5 Å². The van der Waals surface area contributed by atoms with Gasteiger partial charge in [-0.15, -0.1) is 0 Å². The maximum absolute atomic E-state index is 13.6. The summed E-state index contributed by atoms with van der Waals surface area (Å²) in [5, 5.41) is 3.76. The molecule has 12 heteroatoms. The number of amides is 1. The molecule has 1 saturated heterocycles. The van der Waals surface area contributed by atoms with Crippen molar-refractivity contribution in [3.05, 3.63) is 52.6 Å². The standard InChI is InChI=1S/C22H23F7N4O/c23-16-3-1-14(2-4-16)11-33-18-12-32(10-7-17(18)20(30-33)22(27,28)29)19(34)13-31-8-5-15(6-9-31)21(24,25)26/h1-4,15H,5-13H2. The van der Waals surface area contributed by atoms with Crippen LogP contribution >= 0.6 is 0 Å². The van der Waals surface area contributed by atoms with Gasteiger partial charge in [-0.1, -0.05) is 12.1 Å². The van der Waals surface area contributed by atoms with E-state index in [2.05, 4.69) is 5.10 Å². The number of aromatic nitrogens is 2. The molecule has 1 amide bonds. The van der Waals surface area contributed by atoms with Crippen molar-refractivity contribution in [1.82, 2.24) is 19.6 Å². The van der Waals surface area contributed by atoms with Gasteiger partial charge >= 0.3 is 12.4 Å². The summed E-state index contributed by atoms with van der Waals surface area (Å²) in [4.78, 5) is 15.9. The molecule has 1 fully saturated rings. The third-order valence-corrected chi connectivity index (χ3v) is 6.41. The van der Waals surface area contributed by atoms with Crippen molar-refractivity contribution in [2.45, 2.75) is 44.7 Å². The van der Waals surface area contributed by atoms with E-state index < -0.39 is 29.8 Å². The van der Waals surface area contributed by atoms with Gasteiger partial charge in [-0.25, -0.2) is 4.39 Å². The van der Waals surface area contributed by atoms with Crippen molar-refractivity contribution >= 4 is 5.91 Å². The summed E-state index contributed by atoms with van der Waals surface area (Å²) in [5.41, 5.74) is -0.154. The molecule has 1 aromatic heterocycles. The zero-order chi connectivity index (χ0) is 24.7. The highest BCUT2D eigenvalue weighted by Crippen LogP contribution is 2.36. The highest BCUT2D eigenvalue weighted by atomic mass is 19.4. The summed E-state index contributed by atoms with van der Waals surface area (Å²) in [6.07, 6.45) is -9.11. The molecule has 0 unspecified atom stereocenters. The van der Waals surface area contributed by atoms with Crippen LogP contribution < -0.4 is 0 Å². The lowest BCUT2D eigenvalue weighted by Crippen LogP contribution is -2.46. The first-order valence-corrected chi connectivity index (χ1v) is 10.9. The number of carbonyl (C=O) groups excluding carboxylic acids is 1. The number of piperidine rings is 1. The molecular weight excluding hydrogens is 469 g/mol. The minimum absolute atomic E-state index is 0.0221. The molecule has 34 heavy (non-hydrogen) atoms. The number of fused-ring (bicyclic) bond motifs is 1. The minimum atomic E-state index is -4.66. The van der Waals surface area contributed by atoms with Crippen LogP contribution in [0.4, 0.5) is 30.7 Å². The first-order valence-electron chi connectivity index (χ1n) is 10.9. The molecule has 2 aliphatic heterocycles. The molecule has 0 saturated carbocycles. The molecule has 0 spiro atoms. The molecule has 2 aliphatic rings. The zero-order valence-corrected chi connectivity index (χ0v) is 18.1. The first kappa shape index (κ1) is 24.5. The van der Waals surface area contributed by atoms with Gasteiger partial charge < -0.3 is 4.90 Å². The summed E-state index contributed by atoms with van der Waals surface area (Å²) in [6.45, 7) is 0.142. The maximum Gasteiger partial charge on any atom is 0.435 e. The number of hydrogen-bond donors (Lipinski definition) is 0. The molecule has 3 heterocycles. The van der Waals surface area contributed by atoms with Crippen LogP contribution in [0.2, 0.25) is 0 Å². The molecule has 186 valence electrons. The molecule has 0 N–H and O–H groups in total. The summed E-state index contributed by atoms with van der Waals surface area (Å²) >= 11 is 0. The number of alkyl halides is 6. The molecular formula is C22H23F7N4O. The van der Waals surface area contributed by atoms with E-state index in [1.165, 1.54) is 33.8 Å². The van der Waals surface area contributed by atoms with Crippen molar-refractivity contribution in [3.63, 3.8) is 0 Å². The monoisotopic (exact) mass is 492 g/mol. The van der Waals surface area contributed by atoms with Crippen LogP contribution in [0, 0.1) is 11.7 Å². The fourth-order valence-corrected chi connectivity index (χ4v) is 4.52. The number of nitrogens with zero attached hydrogens (tertiary/aromatic N) is 4. The van der Waals surface area contributed by atoms with E-state index in [-0.39, 0.29) is 75.7 Å². The molecule has 0 radical (unpaired) electrons. The Balaban J connectivity index is 1.47. The number of halogens is 7. The van der Waals surface area contributed by atoms with Gasteiger partial charge in [0.2, 0.25) is 5.91 Å². The Labute approximate surface area is 191 Å². The van der Waals surface area contributed by atoms with Crippen molar-refractivity contribution in [2.75, 3.05) is 26.2 Å². The average Bonchev–Trinajstić information content (AvgIpc) is 3.13. The van der Waals surface area contributed by atoms with Crippen molar-refractivity contribution in [3.8, 4) is 0 Å². The quantitative estimate of drug-likeness (QED) is 0.600. The molecule has 2 aromatic rings. The second kappa shape index (κ2) is 9.20. The number of carbonyl (C=O) groups is 1. The largest absolute Gasteiger partial charge is 0.435 e. The van der Waals surface area contributed by atoms with Crippen LogP contribution in [0.15, 0.2) is 24.3 Å². The molecule has 0 aliphatic carbocycles. The van der Waals surface area contributed by atoms with Crippen LogP contribution in [-0.4, -0.2) is 57.8 Å². The van der Waals surface area contributed by atoms with Crippen molar-refractivity contribution < 1.29 is 35.5 Å². The summed E-state index contributed by atoms with van der Waals surface area (Å²) in [7, 11) is 0. The summed E-state index contributed by atoms with van der Waals surface area (Å²) < 4.78 is 93.7. The highest BCUT2D eigenvalue weighted by Gasteiger charge is 2.42. The van der Waals surface area contributed by atoms with Gasteiger partial charge in [-0.05, 0) is 50.0 Å². The zero-order valence-electron chi connectivity index (χ0n) is 18.1. The van der Waals surface area contributed by atoms with Crippen LogP contribution in [0.3, 0.4) is 0 Å². The molecule has 5 nitrogen and oxygen atoms in total. The Morgan fingerprint density at radius 2 is 1.65 bits per heavy atom. The van der Waals surface area contributed by atoms with Gasteiger partial charge in [0.05, 0.1) is 31.2 Å². The van der Waals surface area contributed by atoms with E-state index in [4.69, 9.17) is 0 Å². The Morgan fingerprint density at radius 1 is 1.00 bits per heavy atom. The fraction of sp³-hybridized carbons (Fsp3) is 0.545. The van der Waals surface area contributed by atoms with Gasteiger partial charge in [0.1, 0.15) is 5.82 Å². The lowest BCUT2D eigenvalue weighted by atomic mass is 9.96. The molecule has 1 aromatic carbocycles. The topological polar surface area (TPSA) is 41.4 Å². The van der Waals surface area contributed by atoms with Gasteiger partial charge in [0.15, 0.2) is 5.69 Å². The van der Waals surface area contributed by atoms with E-state index in [0.717, 1.165) is 0 Å². The normalized spacial score (nSPS) is 18.3. The number of likely N-dealkylation sites (tertiary alicyclic amines) is 1. The van der Waals surface area contributed by atoms with E-state index in [1.807, 2.05) is 0 Å². The Kier molecular flexibility index (Phi) is 6.63. The first-order chi connectivity index (χ1) is 15.9. The number of rotatable bonds is 4. The third-order valence-electron chi connectivity index (χ3n) is 6.41. The average molecular weight is 492 g/mol. The van der Waals surface area contributed by atoms with Gasteiger partial charge in [-0.3, -0.25) is 14.4 Å². The SMILES string of the molecule is O=C(CN1CCC(C(F)(F)F)CC1)N1CCc2c(C(F)(F)F)nn(Cc3ccc(F)cc3)c2C1. The van der Waals surface area contributed by atoms with E-state index in [1.54, 1.807) is 4.90 Å². The van der Waals surface area contributed by atoms with E-state index >= 15 is 0 Å². The predicted molar refractivity (Wildman–Crippen MR) is 107 cm³/mol. The summed E-state index contributed by atoms with van der Waals surface area (Å²) in [6, 6.07) is 5.31. The fourth-order valence-electron chi connectivity index (χ4n) is 4.52. The van der Waals surface area contributed by atoms with E-state index in [0.29, 0.717) is 5.56 Å². The van der Waals surface area contributed by atoms with Crippen LogP contribution in [0.5, 0.6) is 0 Å². The van der Waals surface area contributed by atoms with Crippen molar-refractivity contribution in [1.29, 1.82) is 0 Å². The Morgan fingerprint density at radius 3 is 2.24 bits per heavy atom. The molecule has 4 rings (SSSR count). The smallest absolute Gasteiger partial charge is 0.335 e. The van der Waals surface area contributed by atoms with Gasteiger partial charge in [0, 0.05) is 12.1 Å². The molecule has 0 bridgehead atoms. The second-order valence-electron chi connectivity index (χ2n) is 8.71. The minimum Gasteiger partial charge on any atom is -0.335 e. The third kappa shape index (κ3) is 5.37. The van der Waals surface area contributed by atoms with Gasteiger partial charge in [0.25, 0.3) is 0 Å².